The molecule has 0 amide bonds. The van der Waals surface area contributed by atoms with Crippen molar-refractivity contribution in [1.29, 1.82) is 0 Å². The Kier molecular flexibility index (Phi) is 17.5. The first-order valence-electron chi connectivity index (χ1n) is 3.67. The molecule has 2 atom stereocenters. The molecule has 0 spiro atoms. The van der Waals surface area contributed by atoms with Crippen LogP contribution in [0.25, 0.3) is 0 Å². The largest absolute Gasteiger partial charge is 0.383 e. The molecule has 78 valence electrons. The van der Waals surface area contributed by atoms with Crippen LogP contribution in [-0.2, 0) is 4.74 Å². The molecule has 0 fully saturated rings. The van der Waals surface area contributed by atoms with Gasteiger partial charge in [-0.2, -0.15) is 0 Å². The highest BCUT2D eigenvalue weighted by molar-refractivity contribution is 5.85. The molecule has 0 heterocycles. The second kappa shape index (κ2) is 11.5. The molecule has 0 aliphatic heterocycles. The summed E-state index contributed by atoms with van der Waals surface area (Å²) >= 11 is 0. The normalized spacial score (nSPS) is 14.0. The molecule has 5 heteroatoms. The highest BCUT2D eigenvalue weighted by Crippen LogP contribution is 1.97. The summed E-state index contributed by atoms with van der Waals surface area (Å²) in [5.41, 5.74) is 11.2. The van der Waals surface area contributed by atoms with E-state index in [1.54, 1.807) is 7.11 Å². The van der Waals surface area contributed by atoms with Gasteiger partial charge in [-0.15, -0.1) is 24.8 Å². The average Bonchev–Trinajstić information content (AvgIpc) is 1.85. The molecule has 0 aromatic heterocycles. The van der Waals surface area contributed by atoms with Gasteiger partial charge in [-0.3, -0.25) is 0 Å². The average molecular weight is 219 g/mol. The van der Waals surface area contributed by atoms with E-state index in [9.17, 15) is 0 Å². The maximum atomic E-state index is 5.65. The van der Waals surface area contributed by atoms with Crippen LogP contribution in [-0.4, -0.2) is 25.8 Å². The summed E-state index contributed by atoms with van der Waals surface area (Å²) < 4.78 is 4.87. The van der Waals surface area contributed by atoms with E-state index in [1.165, 1.54) is 0 Å². The molecule has 0 aromatic carbocycles. The number of halogens is 2. The molecule has 4 N–H and O–H groups in total. The Bertz CT molecular complexity index is 83.8. The minimum atomic E-state index is 0. The predicted octanol–water partition coefficient (Wildman–Crippen LogP) is 0.931. The summed E-state index contributed by atoms with van der Waals surface area (Å²) in [6.07, 6.45) is 1.93. The molecule has 0 bridgehead atoms. The fourth-order valence-corrected chi connectivity index (χ4v) is 0.774. The quantitative estimate of drug-likeness (QED) is 0.723. The molecule has 0 radical (unpaired) electrons. The van der Waals surface area contributed by atoms with Gasteiger partial charge in [-0.25, -0.2) is 0 Å². The Morgan fingerprint density at radius 3 is 2.00 bits per heavy atom. The number of hydrogen-bond acceptors (Lipinski definition) is 3. The topological polar surface area (TPSA) is 61.3 Å². The highest BCUT2D eigenvalue weighted by Gasteiger charge is 2.02. The van der Waals surface area contributed by atoms with Crippen LogP contribution in [0.5, 0.6) is 0 Å². The van der Waals surface area contributed by atoms with Crippen molar-refractivity contribution in [3.63, 3.8) is 0 Å². The van der Waals surface area contributed by atoms with E-state index in [0.717, 1.165) is 12.8 Å². The Labute approximate surface area is 87.0 Å². The van der Waals surface area contributed by atoms with E-state index in [2.05, 4.69) is 0 Å². The minimum Gasteiger partial charge on any atom is -0.383 e. The van der Waals surface area contributed by atoms with Crippen molar-refractivity contribution in [2.75, 3.05) is 13.7 Å². The molecular weight excluding hydrogens is 199 g/mol. The van der Waals surface area contributed by atoms with Crippen LogP contribution < -0.4 is 11.5 Å². The number of hydrogen-bond donors (Lipinski definition) is 2. The second-order valence-corrected chi connectivity index (χ2v) is 2.77. The third-order valence-corrected chi connectivity index (χ3v) is 1.37. The van der Waals surface area contributed by atoms with E-state index in [4.69, 9.17) is 16.2 Å². The smallest absolute Gasteiger partial charge is 0.0613 e. The maximum Gasteiger partial charge on any atom is 0.0613 e. The van der Waals surface area contributed by atoms with Crippen molar-refractivity contribution in [3.8, 4) is 0 Å². The minimum absolute atomic E-state index is 0. The Balaban J connectivity index is -0.000000405. The van der Waals surface area contributed by atoms with Crippen molar-refractivity contribution in [1.82, 2.24) is 0 Å². The van der Waals surface area contributed by atoms with Gasteiger partial charge in [-0.05, 0) is 19.8 Å². The lowest BCUT2D eigenvalue weighted by molar-refractivity contribution is 0.175. The number of ether oxygens (including phenoxy) is 1. The SMILES string of the molecule is COCC(N)CC[C@H](C)N.Cl.Cl. The van der Waals surface area contributed by atoms with E-state index >= 15 is 0 Å². The molecule has 0 aromatic rings. The fraction of sp³-hybridized carbons (Fsp3) is 1.00. The first-order chi connectivity index (χ1) is 4.66. The molecule has 3 nitrogen and oxygen atoms in total. The third kappa shape index (κ3) is 13.1. The highest BCUT2D eigenvalue weighted by atomic mass is 35.5. The van der Waals surface area contributed by atoms with Gasteiger partial charge in [0.05, 0.1) is 6.61 Å². The zero-order chi connectivity index (χ0) is 7.98. The van der Waals surface area contributed by atoms with Crippen LogP contribution in [0.3, 0.4) is 0 Å². The monoisotopic (exact) mass is 218 g/mol. The van der Waals surface area contributed by atoms with Crippen LogP contribution in [0.2, 0.25) is 0 Å². The molecule has 0 aliphatic rings. The van der Waals surface area contributed by atoms with Crippen LogP contribution in [0.1, 0.15) is 19.8 Å². The Hall–Kier alpha value is 0.460. The predicted molar refractivity (Wildman–Crippen MR) is 57.2 cm³/mol. The molecule has 0 saturated heterocycles. The molecule has 0 saturated carbocycles. The van der Waals surface area contributed by atoms with Crippen LogP contribution in [0, 0.1) is 0 Å². The van der Waals surface area contributed by atoms with Gasteiger partial charge in [0, 0.05) is 19.2 Å². The molecule has 12 heavy (non-hydrogen) atoms. The van der Waals surface area contributed by atoms with Gasteiger partial charge < -0.3 is 16.2 Å². The summed E-state index contributed by atoms with van der Waals surface area (Å²) in [6.45, 7) is 2.62. The number of rotatable bonds is 5. The molecular formula is C7H20Cl2N2O. The summed E-state index contributed by atoms with van der Waals surface area (Å²) in [7, 11) is 1.66. The van der Waals surface area contributed by atoms with Gasteiger partial charge in [0.1, 0.15) is 0 Å². The van der Waals surface area contributed by atoms with Crippen molar-refractivity contribution in [3.05, 3.63) is 0 Å². The summed E-state index contributed by atoms with van der Waals surface area (Å²) in [6, 6.07) is 0.402. The van der Waals surface area contributed by atoms with E-state index in [1.807, 2.05) is 6.92 Å². The fourth-order valence-electron chi connectivity index (χ4n) is 0.774. The summed E-state index contributed by atoms with van der Waals surface area (Å²) in [4.78, 5) is 0. The second-order valence-electron chi connectivity index (χ2n) is 2.77. The lowest BCUT2D eigenvalue weighted by atomic mass is 10.1. The molecule has 0 aliphatic carbocycles. The van der Waals surface area contributed by atoms with Crippen LogP contribution >= 0.6 is 24.8 Å². The van der Waals surface area contributed by atoms with Crippen LogP contribution in [0.15, 0.2) is 0 Å². The van der Waals surface area contributed by atoms with E-state index < -0.39 is 0 Å². The lowest BCUT2D eigenvalue weighted by Crippen LogP contribution is -2.28. The molecule has 0 rings (SSSR count). The zero-order valence-electron chi connectivity index (χ0n) is 7.66. The van der Waals surface area contributed by atoms with Crippen molar-refractivity contribution >= 4 is 24.8 Å². The maximum absolute atomic E-state index is 5.65. The van der Waals surface area contributed by atoms with E-state index in [-0.39, 0.29) is 36.9 Å². The summed E-state index contributed by atoms with van der Waals surface area (Å²) in [5.74, 6) is 0. The first-order valence-corrected chi connectivity index (χ1v) is 3.67. The van der Waals surface area contributed by atoms with E-state index in [0.29, 0.717) is 6.61 Å². The third-order valence-electron chi connectivity index (χ3n) is 1.37. The first kappa shape index (κ1) is 18.3. The number of methoxy groups -OCH3 is 1. The van der Waals surface area contributed by atoms with Crippen molar-refractivity contribution < 1.29 is 4.74 Å². The Morgan fingerprint density at radius 1 is 1.17 bits per heavy atom. The zero-order valence-corrected chi connectivity index (χ0v) is 9.29. The lowest BCUT2D eigenvalue weighted by Gasteiger charge is -2.11. The van der Waals surface area contributed by atoms with Crippen molar-refractivity contribution in [2.24, 2.45) is 11.5 Å². The van der Waals surface area contributed by atoms with Gasteiger partial charge in [-0.1, -0.05) is 0 Å². The summed E-state index contributed by atoms with van der Waals surface area (Å²) in [5, 5.41) is 0. The van der Waals surface area contributed by atoms with Gasteiger partial charge in [0.25, 0.3) is 0 Å². The van der Waals surface area contributed by atoms with Crippen LogP contribution in [0.4, 0.5) is 0 Å². The van der Waals surface area contributed by atoms with Crippen molar-refractivity contribution in [2.45, 2.75) is 31.8 Å². The molecule has 1 unspecified atom stereocenters. The van der Waals surface area contributed by atoms with Gasteiger partial charge >= 0.3 is 0 Å². The van der Waals surface area contributed by atoms with Gasteiger partial charge in [0.2, 0.25) is 0 Å². The van der Waals surface area contributed by atoms with Gasteiger partial charge in [0.15, 0.2) is 0 Å². The Morgan fingerprint density at radius 2 is 1.67 bits per heavy atom. The number of nitrogens with two attached hydrogens (primary N) is 2. The standard InChI is InChI=1S/C7H18N2O.2ClH/c1-6(8)3-4-7(9)5-10-2;;/h6-7H,3-5,8-9H2,1-2H3;2*1H/t6-,7?;;/m0../s1.